The van der Waals surface area contributed by atoms with Crippen LogP contribution < -0.4 is 0 Å². The largest absolute Gasteiger partial charge is 0.457 e. The molecule has 1 heterocycles. The Kier molecular flexibility index (Phi) is 6.76. The lowest BCUT2D eigenvalue weighted by atomic mass is 9.99. The smallest absolute Gasteiger partial charge is 0.303 e. The molecular formula is C18H28O6Si. The summed E-state index contributed by atoms with van der Waals surface area (Å²) >= 11 is 0. The summed E-state index contributed by atoms with van der Waals surface area (Å²) in [4.78, 5) is 11.5. The molecule has 0 aliphatic carbocycles. The maximum absolute atomic E-state index is 11.5. The first-order chi connectivity index (χ1) is 11.7. The zero-order chi connectivity index (χ0) is 18.6. The fraction of sp³-hybridized carbons (Fsp3) is 0.611. The molecule has 0 amide bonds. The summed E-state index contributed by atoms with van der Waals surface area (Å²) in [6.07, 6.45) is -3.60. The van der Waals surface area contributed by atoms with Crippen LogP contribution >= 0.6 is 0 Å². The summed E-state index contributed by atoms with van der Waals surface area (Å²) in [5.74, 6) is -0.420. The van der Waals surface area contributed by atoms with E-state index in [1.54, 1.807) is 6.92 Å². The molecule has 2 rings (SSSR count). The SMILES string of the molecule is CC(=O)O[C@H]1C(C)O[C@@H](O)C(O[Si](C)(C)C)C1OCc1ccccc1. The zero-order valence-corrected chi connectivity index (χ0v) is 16.5. The number of carbonyl (C=O) groups excluding carboxylic acids is 1. The second kappa shape index (κ2) is 8.42. The Morgan fingerprint density at radius 1 is 1.16 bits per heavy atom. The number of hydrogen-bond donors (Lipinski definition) is 1. The van der Waals surface area contributed by atoms with Crippen LogP contribution in [0.4, 0.5) is 0 Å². The van der Waals surface area contributed by atoms with E-state index in [0.29, 0.717) is 6.61 Å². The van der Waals surface area contributed by atoms with Gasteiger partial charge in [-0.1, -0.05) is 30.3 Å². The van der Waals surface area contributed by atoms with Crippen LogP contribution in [-0.4, -0.2) is 50.1 Å². The van der Waals surface area contributed by atoms with Crippen LogP contribution in [0.25, 0.3) is 0 Å². The van der Waals surface area contributed by atoms with E-state index in [4.69, 9.17) is 18.6 Å². The molecule has 0 spiro atoms. The Hall–Kier alpha value is -1.25. The van der Waals surface area contributed by atoms with Gasteiger partial charge in [0.05, 0.1) is 12.7 Å². The lowest BCUT2D eigenvalue weighted by Crippen LogP contribution is -2.61. The van der Waals surface area contributed by atoms with Crippen LogP contribution in [0.3, 0.4) is 0 Å². The van der Waals surface area contributed by atoms with Crippen molar-refractivity contribution in [2.45, 2.75) is 70.8 Å². The van der Waals surface area contributed by atoms with Crippen LogP contribution in [0.1, 0.15) is 19.4 Å². The van der Waals surface area contributed by atoms with Crippen LogP contribution in [0.5, 0.6) is 0 Å². The molecule has 7 heteroatoms. The average Bonchev–Trinajstić information content (AvgIpc) is 2.51. The molecule has 1 aromatic carbocycles. The standard InChI is InChI=1S/C18H28O6Si/c1-12-15(23-13(2)19)16(21-11-14-9-7-6-8-10-14)17(18(20)22-12)24-25(3,4)5/h6-10,12,15-18,20H,11H2,1-5H3/t12?,15-,16?,17?,18+/m0/s1. The highest BCUT2D eigenvalue weighted by molar-refractivity contribution is 6.69. The van der Waals surface area contributed by atoms with Gasteiger partial charge in [0.25, 0.3) is 0 Å². The summed E-state index contributed by atoms with van der Waals surface area (Å²) in [7, 11) is -1.99. The van der Waals surface area contributed by atoms with E-state index in [2.05, 4.69) is 0 Å². The monoisotopic (exact) mass is 368 g/mol. The molecule has 25 heavy (non-hydrogen) atoms. The van der Waals surface area contributed by atoms with Gasteiger partial charge in [-0.25, -0.2) is 0 Å². The summed E-state index contributed by atoms with van der Waals surface area (Å²) in [6, 6.07) is 9.70. The topological polar surface area (TPSA) is 74.2 Å². The van der Waals surface area contributed by atoms with E-state index in [-0.39, 0.29) is 0 Å². The molecule has 1 saturated heterocycles. The first-order valence-electron chi connectivity index (χ1n) is 8.51. The fourth-order valence-electron chi connectivity index (χ4n) is 2.84. The summed E-state index contributed by atoms with van der Waals surface area (Å²) in [5, 5.41) is 10.4. The molecule has 6 nitrogen and oxygen atoms in total. The second-order valence-electron chi connectivity index (χ2n) is 7.26. The van der Waals surface area contributed by atoms with Gasteiger partial charge >= 0.3 is 5.97 Å². The number of hydrogen-bond acceptors (Lipinski definition) is 6. The number of aliphatic hydroxyl groups excluding tert-OH is 1. The van der Waals surface area contributed by atoms with Crippen molar-refractivity contribution in [2.75, 3.05) is 0 Å². The Labute approximate surface area is 150 Å². The molecule has 5 atom stereocenters. The molecule has 0 radical (unpaired) electrons. The van der Waals surface area contributed by atoms with E-state index in [1.807, 2.05) is 50.0 Å². The van der Waals surface area contributed by atoms with Crippen molar-refractivity contribution in [2.24, 2.45) is 0 Å². The second-order valence-corrected chi connectivity index (χ2v) is 11.7. The van der Waals surface area contributed by atoms with Gasteiger partial charge in [-0.2, -0.15) is 0 Å². The molecule has 0 bridgehead atoms. The molecule has 3 unspecified atom stereocenters. The van der Waals surface area contributed by atoms with Crippen LogP contribution in [-0.2, 0) is 30.0 Å². The van der Waals surface area contributed by atoms with Crippen LogP contribution in [0, 0.1) is 0 Å². The van der Waals surface area contributed by atoms with E-state index < -0.39 is 45.0 Å². The van der Waals surface area contributed by atoms with Crippen molar-refractivity contribution >= 4 is 14.3 Å². The minimum Gasteiger partial charge on any atom is -0.457 e. The van der Waals surface area contributed by atoms with Crippen molar-refractivity contribution in [3.63, 3.8) is 0 Å². The van der Waals surface area contributed by atoms with Gasteiger partial charge in [0.2, 0.25) is 0 Å². The van der Waals surface area contributed by atoms with Crippen molar-refractivity contribution in [3.8, 4) is 0 Å². The van der Waals surface area contributed by atoms with Crippen molar-refractivity contribution < 1.29 is 28.5 Å². The molecule has 1 fully saturated rings. The Morgan fingerprint density at radius 2 is 1.80 bits per heavy atom. The quantitative estimate of drug-likeness (QED) is 0.614. The normalized spacial score (nSPS) is 30.1. The predicted molar refractivity (Wildman–Crippen MR) is 95.3 cm³/mol. The average molecular weight is 369 g/mol. The van der Waals surface area contributed by atoms with Gasteiger partial charge in [0.1, 0.15) is 12.2 Å². The van der Waals surface area contributed by atoms with Gasteiger partial charge in [-0.05, 0) is 32.1 Å². The number of aliphatic hydroxyl groups is 1. The molecule has 1 aliphatic rings. The molecule has 1 aromatic rings. The highest BCUT2D eigenvalue weighted by Gasteiger charge is 2.48. The van der Waals surface area contributed by atoms with Gasteiger partial charge in [-0.3, -0.25) is 4.79 Å². The third-order valence-corrected chi connectivity index (χ3v) is 4.80. The van der Waals surface area contributed by atoms with Gasteiger partial charge in [0, 0.05) is 6.92 Å². The highest BCUT2D eigenvalue weighted by atomic mass is 28.4. The Balaban J connectivity index is 2.22. The molecular weight excluding hydrogens is 340 g/mol. The fourth-order valence-corrected chi connectivity index (χ4v) is 3.90. The highest BCUT2D eigenvalue weighted by Crippen LogP contribution is 2.29. The number of benzene rings is 1. The molecule has 140 valence electrons. The number of carbonyl (C=O) groups is 1. The summed E-state index contributed by atoms with van der Waals surface area (Å²) in [6.45, 7) is 9.49. The lowest BCUT2D eigenvalue weighted by molar-refractivity contribution is -0.286. The van der Waals surface area contributed by atoms with Gasteiger partial charge in [0.15, 0.2) is 20.7 Å². The Bertz CT molecular complexity index is 558. The first-order valence-corrected chi connectivity index (χ1v) is 11.9. The number of ether oxygens (including phenoxy) is 3. The summed E-state index contributed by atoms with van der Waals surface area (Å²) < 4.78 is 23.1. The lowest BCUT2D eigenvalue weighted by Gasteiger charge is -2.44. The predicted octanol–water partition coefficient (Wildman–Crippen LogP) is 2.46. The van der Waals surface area contributed by atoms with Crippen LogP contribution in [0.15, 0.2) is 30.3 Å². The maximum atomic E-state index is 11.5. The van der Waals surface area contributed by atoms with E-state index in [1.165, 1.54) is 6.92 Å². The first kappa shape index (κ1) is 20.1. The van der Waals surface area contributed by atoms with Gasteiger partial charge in [-0.15, -0.1) is 0 Å². The zero-order valence-electron chi connectivity index (χ0n) is 15.5. The molecule has 1 N–H and O–H groups in total. The third kappa shape index (κ3) is 5.90. The summed E-state index contributed by atoms with van der Waals surface area (Å²) in [5.41, 5.74) is 0.990. The van der Waals surface area contributed by atoms with Crippen molar-refractivity contribution in [1.29, 1.82) is 0 Å². The Morgan fingerprint density at radius 3 is 2.36 bits per heavy atom. The van der Waals surface area contributed by atoms with Crippen molar-refractivity contribution in [1.82, 2.24) is 0 Å². The third-order valence-electron chi connectivity index (χ3n) is 3.82. The van der Waals surface area contributed by atoms with Crippen molar-refractivity contribution in [3.05, 3.63) is 35.9 Å². The maximum Gasteiger partial charge on any atom is 0.303 e. The minimum atomic E-state index is -1.99. The van der Waals surface area contributed by atoms with E-state index in [0.717, 1.165) is 5.56 Å². The molecule has 0 saturated carbocycles. The van der Waals surface area contributed by atoms with Crippen LogP contribution in [0.2, 0.25) is 19.6 Å². The van der Waals surface area contributed by atoms with E-state index in [9.17, 15) is 9.90 Å². The van der Waals surface area contributed by atoms with E-state index >= 15 is 0 Å². The minimum absolute atomic E-state index is 0.328. The molecule has 0 aromatic heterocycles. The number of rotatable bonds is 6. The van der Waals surface area contributed by atoms with Gasteiger partial charge < -0.3 is 23.7 Å². The molecule has 1 aliphatic heterocycles. The number of esters is 1.